The van der Waals surface area contributed by atoms with Crippen molar-refractivity contribution < 1.29 is 4.79 Å². The van der Waals surface area contributed by atoms with E-state index in [1.54, 1.807) is 12.1 Å². The second-order valence-electron chi connectivity index (χ2n) is 5.25. The zero-order valence-corrected chi connectivity index (χ0v) is 12.3. The van der Waals surface area contributed by atoms with E-state index in [4.69, 9.17) is 23.1 Å². The molecule has 0 bridgehead atoms. The zero-order valence-electron chi connectivity index (χ0n) is 11.5. The Hall–Kier alpha value is -2.07. The fourth-order valence-corrected chi connectivity index (χ4v) is 3.07. The van der Waals surface area contributed by atoms with Crippen LogP contribution < -0.4 is 11.5 Å². The number of amides is 1. The van der Waals surface area contributed by atoms with Gasteiger partial charge in [-0.25, -0.2) is 4.98 Å². The maximum atomic E-state index is 11.8. The van der Waals surface area contributed by atoms with Gasteiger partial charge in [0.25, 0.3) is 5.91 Å². The molecule has 4 nitrogen and oxygen atoms in total. The van der Waals surface area contributed by atoms with Crippen molar-refractivity contribution in [3.8, 4) is 11.1 Å². The largest absolute Gasteiger partial charge is 0.383 e. The molecule has 1 amide bonds. The van der Waals surface area contributed by atoms with Crippen LogP contribution >= 0.6 is 11.6 Å². The van der Waals surface area contributed by atoms with Crippen LogP contribution in [-0.2, 0) is 12.8 Å². The quantitative estimate of drug-likeness (QED) is 0.894. The Labute approximate surface area is 128 Å². The number of pyridine rings is 1. The van der Waals surface area contributed by atoms with Crippen LogP contribution in [0.4, 0.5) is 5.82 Å². The molecule has 5 heteroatoms. The van der Waals surface area contributed by atoms with Gasteiger partial charge in [-0.2, -0.15) is 0 Å². The molecule has 0 spiro atoms. The summed E-state index contributed by atoms with van der Waals surface area (Å²) >= 11 is 5.95. The summed E-state index contributed by atoms with van der Waals surface area (Å²) in [6.07, 6.45) is 3.95. The van der Waals surface area contributed by atoms with Gasteiger partial charge in [0.15, 0.2) is 0 Å². The van der Waals surface area contributed by atoms with Gasteiger partial charge in [-0.3, -0.25) is 4.79 Å². The first kappa shape index (κ1) is 13.9. The van der Waals surface area contributed by atoms with Crippen LogP contribution in [0.2, 0.25) is 5.02 Å². The van der Waals surface area contributed by atoms with Crippen molar-refractivity contribution in [1.29, 1.82) is 0 Å². The molecule has 3 rings (SSSR count). The van der Waals surface area contributed by atoms with Crippen molar-refractivity contribution in [3.63, 3.8) is 0 Å². The predicted octanol–water partition coefficient (Wildman–Crippen LogP) is 2.96. The SMILES string of the molecule is NC(=O)c1c(N)nc2c(c1-c1ccc(Cl)cc1)CCCC2. The molecule has 1 aliphatic carbocycles. The molecule has 0 saturated heterocycles. The molecule has 1 heterocycles. The fourth-order valence-electron chi connectivity index (χ4n) is 2.95. The number of fused-ring (bicyclic) bond motifs is 1. The van der Waals surface area contributed by atoms with E-state index in [-0.39, 0.29) is 5.82 Å². The van der Waals surface area contributed by atoms with Gasteiger partial charge < -0.3 is 11.5 Å². The van der Waals surface area contributed by atoms with Gasteiger partial charge in [0.05, 0.1) is 5.56 Å². The summed E-state index contributed by atoms with van der Waals surface area (Å²) in [5.41, 5.74) is 15.6. The number of hydrogen-bond acceptors (Lipinski definition) is 3. The van der Waals surface area contributed by atoms with E-state index in [2.05, 4.69) is 4.98 Å². The number of aryl methyl sites for hydroxylation is 1. The Morgan fingerprint density at radius 1 is 1.14 bits per heavy atom. The Morgan fingerprint density at radius 2 is 1.81 bits per heavy atom. The van der Waals surface area contributed by atoms with Crippen molar-refractivity contribution in [3.05, 3.63) is 46.1 Å². The van der Waals surface area contributed by atoms with E-state index in [1.807, 2.05) is 12.1 Å². The molecule has 1 aromatic carbocycles. The molecule has 0 saturated carbocycles. The standard InChI is InChI=1S/C16H16ClN3O/c17-10-7-5-9(6-8-10)13-11-3-1-2-4-12(11)20-15(18)14(13)16(19)21/h5-8H,1-4H2,(H2,18,20)(H2,19,21). The maximum Gasteiger partial charge on any atom is 0.253 e. The van der Waals surface area contributed by atoms with E-state index in [1.165, 1.54) is 0 Å². The van der Waals surface area contributed by atoms with Crippen LogP contribution in [0.25, 0.3) is 11.1 Å². The third-order valence-corrected chi connectivity index (χ3v) is 4.13. The highest BCUT2D eigenvalue weighted by Gasteiger charge is 2.24. The summed E-state index contributed by atoms with van der Waals surface area (Å²) in [5.74, 6) is -0.327. The first-order valence-corrected chi connectivity index (χ1v) is 7.32. The lowest BCUT2D eigenvalue weighted by atomic mass is 9.86. The van der Waals surface area contributed by atoms with Gasteiger partial charge in [0.2, 0.25) is 0 Å². The molecule has 1 aliphatic rings. The summed E-state index contributed by atoms with van der Waals surface area (Å²) < 4.78 is 0. The molecule has 108 valence electrons. The molecular formula is C16H16ClN3O. The number of anilines is 1. The molecular weight excluding hydrogens is 286 g/mol. The number of aromatic nitrogens is 1. The molecule has 0 fully saturated rings. The Morgan fingerprint density at radius 3 is 2.48 bits per heavy atom. The van der Waals surface area contributed by atoms with Gasteiger partial charge in [-0.05, 0) is 48.9 Å². The third-order valence-electron chi connectivity index (χ3n) is 3.88. The van der Waals surface area contributed by atoms with E-state index >= 15 is 0 Å². The lowest BCUT2D eigenvalue weighted by molar-refractivity contribution is 0.100. The lowest BCUT2D eigenvalue weighted by Gasteiger charge is -2.22. The van der Waals surface area contributed by atoms with E-state index < -0.39 is 5.91 Å². The first-order chi connectivity index (χ1) is 10.1. The van der Waals surface area contributed by atoms with Crippen LogP contribution in [0.1, 0.15) is 34.5 Å². The number of halogens is 1. The summed E-state index contributed by atoms with van der Waals surface area (Å²) in [4.78, 5) is 16.2. The summed E-state index contributed by atoms with van der Waals surface area (Å²) in [5, 5.41) is 0.648. The summed E-state index contributed by atoms with van der Waals surface area (Å²) in [6, 6.07) is 7.37. The van der Waals surface area contributed by atoms with Gasteiger partial charge in [-0.15, -0.1) is 0 Å². The van der Waals surface area contributed by atoms with Crippen molar-refractivity contribution in [2.24, 2.45) is 5.73 Å². The number of rotatable bonds is 2. The first-order valence-electron chi connectivity index (χ1n) is 6.95. The van der Waals surface area contributed by atoms with E-state index in [9.17, 15) is 4.79 Å². The van der Waals surface area contributed by atoms with Gasteiger partial charge in [0, 0.05) is 16.3 Å². The number of nitrogens with zero attached hydrogens (tertiary/aromatic N) is 1. The van der Waals surface area contributed by atoms with E-state index in [0.29, 0.717) is 10.6 Å². The minimum Gasteiger partial charge on any atom is -0.383 e. The molecule has 0 unspecified atom stereocenters. The van der Waals surface area contributed by atoms with Crippen LogP contribution in [0, 0.1) is 0 Å². The number of carbonyl (C=O) groups excluding carboxylic acids is 1. The highest BCUT2D eigenvalue weighted by molar-refractivity contribution is 6.30. The second-order valence-corrected chi connectivity index (χ2v) is 5.69. The number of primary amides is 1. The summed E-state index contributed by atoms with van der Waals surface area (Å²) in [6.45, 7) is 0. The van der Waals surface area contributed by atoms with E-state index in [0.717, 1.165) is 48.1 Å². The van der Waals surface area contributed by atoms with Gasteiger partial charge in [0.1, 0.15) is 5.82 Å². The van der Waals surface area contributed by atoms with Crippen molar-refractivity contribution in [2.45, 2.75) is 25.7 Å². The Balaban J connectivity index is 2.31. The molecule has 4 N–H and O–H groups in total. The number of nitrogen functional groups attached to an aromatic ring is 1. The lowest BCUT2D eigenvalue weighted by Crippen LogP contribution is -2.20. The smallest absolute Gasteiger partial charge is 0.253 e. The van der Waals surface area contributed by atoms with Crippen LogP contribution in [0.15, 0.2) is 24.3 Å². The average molecular weight is 302 g/mol. The number of carbonyl (C=O) groups is 1. The van der Waals surface area contributed by atoms with Crippen molar-refractivity contribution in [2.75, 3.05) is 5.73 Å². The topological polar surface area (TPSA) is 82.0 Å². The van der Waals surface area contributed by atoms with Crippen LogP contribution in [0.3, 0.4) is 0 Å². The maximum absolute atomic E-state index is 11.8. The van der Waals surface area contributed by atoms with Gasteiger partial charge >= 0.3 is 0 Å². The molecule has 0 atom stereocenters. The molecule has 0 radical (unpaired) electrons. The minimum absolute atomic E-state index is 0.216. The molecule has 0 aliphatic heterocycles. The number of hydrogen-bond donors (Lipinski definition) is 2. The minimum atomic E-state index is -0.543. The fraction of sp³-hybridized carbons (Fsp3) is 0.250. The van der Waals surface area contributed by atoms with Crippen LogP contribution in [-0.4, -0.2) is 10.9 Å². The number of nitrogens with two attached hydrogens (primary N) is 2. The Bertz CT molecular complexity index is 710. The average Bonchev–Trinajstić information content (AvgIpc) is 2.46. The molecule has 1 aromatic heterocycles. The highest BCUT2D eigenvalue weighted by atomic mass is 35.5. The van der Waals surface area contributed by atoms with Crippen molar-refractivity contribution >= 4 is 23.3 Å². The zero-order chi connectivity index (χ0) is 15.0. The van der Waals surface area contributed by atoms with Crippen molar-refractivity contribution in [1.82, 2.24) is 4.98 Å². The summed E-state index contributed by atoms with van der Waals surface area (Å²) in [7, 11) is 0. The normalized spacial score (nSPS) is 13.8. The number of benzene rings is 1. The third kappa shape index (κ3) is 2.47. The highest BCUT2D eigenvalue weighted by Crippen LogP contribution is 2.36. The van der Waals surface area contributed by atoms with Crippen LogP contribution in [0.5, 0.6) is 0 Å². The second kappa shape index (κ2) is 5.37. The molecule has 21 heavy (non-hydrogen) atoms. The van der Waals surface area contributed by atoms with Gasteiger partial charge in [-0.1, -0.05) is 23.7 Å². The predicted molar refractivity (Wildman–Crippen MR) is 84.3 cm³/mol. The molecule has 2 aromatic rings. The Kier molecular flexibility index (Phi) is 3.55. The monoisotopic (exact) mass is 301 g/mol.